The van der Waals surface area contributed by atoms with Crippen molar-refractivity contribution >= 4 is 13.4 Å². The SMILES string of the molecule is CCc1ccccc1NP(=O)(OC)OC. The van der Waals surface area contributed by atoms with Crippen LogP contribution in [0.2, 0.25) is 0 Å². The predicted molar refractivity (Wildman–Crippen MR) is 61.1 cm³/mol. The molecular formula is C10H16NO3P. The first-order chi connectivity index (χ1) is 7.15. The molecule has 0 fully saturated rings. The Morgan fingerprint density at radius 1 is 1.27 bits per heavy atom. The lowest BCUT2D eigenvalue weighted by atomic mass is 10.1. The van der Waals surface area contributed by atoms with Gasteiger partial charge in [-0.05, 0) is 18.1 Å². The molecule has 1 rings (SSSR count). The smallest absolute Gasteiger partial charge is 0.296 e. The average molecular weight is 229 g/mol. The van der Waals surface area contributed by atoms with Crippen molar-refractivity contribution in [2.24, 2.45) is 0 Å². The summed E-state index contributed by atoms with van der Waals surface area (Å²) in [7, 11) is -0.487. The van der Waals surface area contributed by atoms with Gasteiger partial charge in [0.1, 0.15) is 0 Å². The van der Waals surface area contributed by atoms with E-state index in [9.17, 15) is 4.57 Å². The van der Waals surface area contributed by atoms with E-state index in [1.807, 2.05) is 31.2 Å². The fraction of sp³-hybridized carbons (Fsp3) is 0.400. The number of anilines is 1. The molecule has 1 N–H and O–H groups in total. The number of hydrogen-bond donors (Lipinski definition) is 1. The van der Waals surface area contributed by atoms with Gasteiger partial charge in [-0.25, -0.2) is 4.57 Å². The van der Waals surface area contributed by atoms with Gasteiger partial charge in [0.05, 0.1) is 0 Å². The number of rotatable bonds is 5. The third kappa shape index (κ3) is 3.06. The van der Waals surface area contributed by atoms with Crippen LogP contribution >= 0.6 is 7.75 Å². The minimum Gasteiger partial charge on any atom is -0.296 e. The lowest BCUT2D eigenvalue weighted by Crippen LogP contribution is -2.02. The zero-order valence-corrected chi connectivity index (χ0v) is 10.1. The summed E-state index contributed by atoms with van der Waals surface area (Å²) in [5.41, 5.74) is 1.86. The first kappa shape index (κ1) is 12.2. The van der Waals surface area contributed by atoms with Crippen LogP contribution in [0.5, 0.6) is 0 Å². The summed E-state index contributed by atoms with van der Waals surface area (Å²) in [4.78, 5) is 0. The fourth-order valence-electron chi connectivity index (χ4n) is 1.25. The highest BCUT2D eigenvalue weighted by Crippen LogP contribution is 2.46. The molecule has 84 valence electrons. The second-order valence-corrected chi connectivity index (χ2v) is 4.93. The number of hydrogen-bond acceptors (Lipinski definition) is 3. The van der Waals surface area contributed by atoms with Crippen molar-refractivity contribution in [1.29, 1.82) is 0 Å². The van der Waals surface area contributed by atoms with Crippen molar-refractivity contribution in [3.05, 3.63) is 29.8 Å². The Bertz CT molecular complexity index is 359. The maximum Gasteiger partial charge on any atom is 0.432 e. The van der Waals surface area contributed by atoms with Crippen LogP contribution in [-0.4, -0.2) is 14.2 Å². The third-order valence-electron chi connectivity index (χ3n) is 2.14. The van der Waals surface area contributed by atoms with E-state index in [0.717, 1.165) is 17.7 Å². The van der Waals surface area contributed by atoms with Crippen LogP contribution in [0.3, 0.4) is 0 Å². The fourth-order valence-corrected chi connectivity index (χ4v) is 2.10. The molecule has 0 aliphatic carbocycles. The van der Waals surface area contributed by atoms with Crippen molar-refractivity contribution in [3.63, 3.8) is 0 Å². The molecule has 1 aromatic rings. The summed E-state index contributed by atoms with van der Waals surface area (Å²) < 4.78 is 21.5. The van der Waals surface area contributed by atoms with Crippen LogP contribution in [0.1, 0.15) is 12.5 Å². The quantitative estimate of drug-likeness (QED) is 0.788. The van der Waals surface area contributed by atoms with E-state index in [4.69, 9.17) is 9.05 Å². The van der Waals surface area contributed by atoms with E-state index in [-0.39, 0.29) is 0 Å². The average Bonchev–Trinajstić information content (AvgIpc) is 2.29. The monoisotopic (exact) mass is 229 g/mol. The largest absolute Gasteiger partial charge is 0.432 e. The summed E-state index contributed by atoms with van der Waals surface area (Å²) in [6.07, 6.45) is 0.858. The number of para-hydroxylation sites is 1. The Morgan fingerprint density at radius 3 is 2.40 bits per heavy atom. The zero-order valence-electron chi connectivity index (χ0n) is 9.19. The summed E-state index contributed by atoms with van der Waals surface area (Å²) in [6.45, 7) is 2.03. The number of aryl methyl sites for hydroxylation is 1. The summed E-state index contributed by atoms with van der Waals surface area (Å²) >= 11 is 0. The molecule has 0 saturated heterocycles. The standard InChI is InChI=1S/C10H16NO3P/c1-4-9-7-5-6-8-10(9)11-15(12,13-2)14-3/h5-8H,4H2,1-3H3,(H,11,12). The maximum atomic E-state index is 11.8. The summed E-state index contributed by atoms with van der Waals surface area (Å²) in [5, 5.41) is 2.79. The minimum atomic E-state index is -3.19. The molecule has 0 aromatic heterocycles. The Morgan fingerprint density at radius 2 is 1.87 bits per heavy atom. The van der Waals surface area contributed by atoms with E-state index in [0.29, 0.717) is 0 Å². The van der Waals surface area contributed by atoms with Gasteiger partial charge in [-0.3, -0.25) is 14.1 Å². The molecule has 1 aromatic carbocycles. The van der Waals surface area contributed by atoms with Gasteiger partial charge in [0.2, 0.25) is 0 Å². The highest BCUT2D eigenvalue weighted by atomic mass is 31.2. The van der Waals surface area contributed by atoms with Crippen LogP contribution in [0, 0.1) is 0 Å². The minimum absolute atomic E-state index is 0.784. The van der Waals surface area contributed by atoms with Gasteiger partial charge >= 0.3 is 7.75 Å². The molecule has 0 saturated carbocycles. The van der Waals surface area contributed by atoms with Crippen molar-refractivity contribution < 1.29 is 13.6 Å². The lowest BCUT2D eigenvalue weighted by molar-refractivity contribution is 0.281. The second kappa shape index (κ2) is 5.31. The van der Waals surface area contributed by atoms with Gasteiger partial charge in [0.15, 0.2) is 0 Å². The van der Waals surface area contributed by atoms with Gasteiger partial charge in [-0.1, -0.05) is 25.1 Å². The molecule has 0 aliphatic rings. The van der Waals surface area contributed by atoms with Crippen LogP contribution in [0.15, 0.2) is 24.3 Å². The van der Waals surface area contributed by atoms with Crippen molar-refractivity contribution in [2.45, 2.75) is 13.3 Å². The Labute approximate surface area is 90.2 Å². The van der Waals surface area contributed by atoms with E-state index in [2.05, 4.69) is 5.09 Å². The third-order valence-corrected chi connectivity index (χ3v) is 3.61. The second-order valence-electron chi connectivity index (χ2n) is 2.99. The van der Waals surface area contributed by atoms with Gasteiger partial charge in [-0.15, -0.1) is 0 Å². The van der Waals surface area contributed by atoms with E-state index in [1.54, 1.807) is 0 Å². The topological polar surface area (TPSA) is 47.6 Å². The zero-order chi connectivity index (χ0) is 11.3. The maximum absolute atomic E-state index is 11.8. The first-order valence-electron chi connectivity index (χ1n) is 4.73. The van der Waals surface area contributed by atoms with Gasteiger partial charge in [0, 0.05) is 19.9 Å². The van der Waals surface area contributed by atoms with E-state index < -0.39 is 7.75 Å². The molecular weight excluding hydrogens is 213 g/mol. The highest BCUT2D eigenvalue weighted by Gasteiger charge is 2.21. The lowest BCUT2D eigenvalue weighted by Gasteiger charge is -2.17. The molecule has 5 heteroatoms. The van der Waals surface area contributed by atoms with E-state index >= 15 is 0 Å². The Kier molecular flexibility index (Phi) is 4.33. The van der Waals surface area contributed by atoms with Gasteiger partial charge < -0.3 is 0 Å². The number of nitrogens with one attached hydrogen (secondary N) is 1. The Hall–Kier alpha value is -0.830. The normalized spacial score (nSPS) is 11.4. The van der Waals surface area contributed by atoms with Gasteiger partial charge in [0.25, 0.3) is 0 Å². The summed E-state index contributed by atoms with van der Waals surface area (Å²) in [5.74, 6) is 0. The predicted octanol–water partition coefficient (Wildman–Crippen LogP) is 3.06. The molecule has 15 heavy (non-hydrogen) atoms. The van der Waals surface area contributed by atoms with Crippen LogP contribution in [0.25, 0.3) is 0 Å². The molecule has 0 spiro atoms. The molecule has 0 amide bonds. The van der Waals surface area contributed by atoms with Crippen molar-refractivity contribution in [3.8, 4) is 0 Å². The van der Waals surface area contributed by atoms with Crippen LogP contribution in [-0.2, 0) is 20.0 Å². The Balaban J connectivity index is 2.93. The molecule has 0 radical (unpaired) electrons. The first-order valence-corrected chi connectivity index (χ1v) is 6.27. The molecule has 4 nitrogen and oxygen atoms in total. The summed E-state index contributed by atoms with van der Waals surface area (Å²) in [6, 6.07) is 7.63. The molecule has 0 bridgehead atoms. The molecule has 0 atom stereocenters. The van der Waals surface area contributed by atoms with Gasteiger partial charge in [-0.2, -0.15) is 0 Å². The number of benzene rings is 1. The van der Waals surface area contributed by atoms with Crippen molar-refractivity contribution in [2.75, 3.05) is 19.3 Å². The molecule has 0 unspecified atom stereocenters. The van der Waals surface area contributed by atoms with Crippen LogP contribution in [0.4, 0.5) is 5.69 Å². The van der Waals surface area contributed by atoms with E-state index in [1.165, 1.54) is 14.2 Å². The molecule has 0 heterocycles. The highest BCUT2D eigenvalue weighted by molar-refractivity contribution is 7.55. The van der Waals surface area contributed by atoms with Crippen molar-refractivity contribution in [1.82, 2.24) is 0 Å². The van der Waals surface area contributed by atoms with Crippen LogP contribution < -0.4 is 5.09 Å². The molecule has 0 aliphatic heterocycles.